The van der Waals surface area contributed by atoms with Crippen molar-refractivity contribution in [3.05, 3.63) is 70.5 Å². The van der Waals surface area contributed by atoms with Gasteiger partial charge < -0.3 is 10.1 Å². The van der Waals surface area contributed by atoms with E-state index in [1.165, 1.54) is 22.9 Å². The molecule has 30 heavy (non-hydrogen) atoms. The second-order valence-electron chi connectivity index (χ2n) is 6.26. The number of carbonyl (C=O) groups excluding carboxylic acids is 1. The van der Waals surface area contributed by atoms with Crippen molar-refractivity contribution >= 4 is 5.91 Å². The zero-order chi connectivity index (χ0) is 21.7. The van der Waals surface area contributed by atoms with Crippen LogP contribution in [0.1, 0.15) is 11.4 Å². The number of rotatable bonds is 7. The van der Waals surface area contributed by atoms with Gasteiger partial charge >= 0.3 is 6.18 Å². The quantitative estimate of drug-likeness (QED) is 0.630. The number of imidazole rings is 1. The molecule has 0 saturated heterocycles. The van der Waals surface area contributed by atoms with E-state index in [0.717, 1.165) is 12.1 Å². The van der Waals surface area contributed by atoms with Gasteiger partial charge in [-0.25, -0.2) is 9.67 Å². The van der Waals surface area contributed by atoms with E-state index in [1.807, 2.05) is 0 Å². The molecule has 158 valence electrons. The normalized spacial score (nSPS) is 11.3. The third kappa shape index (κ3) is 5.25. The van der Waals surface area contributed by atoms with Crippen molar-refractivity contribution in [1.82, 2.24) is 24.6 Å². The third-order valence-electron chi connectivity index (χ3n) is 4.10. The summed E-state index contributed by atoms with van der Waals surface area (Å²) in [6.07, 6.45) is -1.18. The molecule has 0 unspecified atom stereocenters. The lowest BCUT2D eigenvalue weighted by Gasteiger charge is -2.11. The molecular weight excluding hydrogens is 403 g/mol. The zero-order valence-electron chi connectivity index (χ0n) is 15.9. The van der Waals surface area contributed by atoms with Gasteiger partial charge in [-0.15, -0.1) is 0 Å². The largest absolute Gasteiger partial charge is 0.484 e. The molecule has 0 fully saturated rings. The lowest BCUT2D eigenvalue weighted by Crippen LogP contribution is -2.34. The van der Waals surface area contributed by atoms with Crippen LogP contribution < -0.4 is 15.6 Å². The number of benzene rings is 1. The van der Waals surface area contributed by atoms with Gasteiger partial charge in [-0.05, 0) is 31.2 Å². The molecule has 1 aromatic carbocycles. The average Bonchev–Trinajstić information content (AvgIpc) is 3.13. The van der Waals surface area contributed by atoms with Crippen molar-refractivity contribution in [3.63, 3.8) is 0 Å². The summed E-state index contributed by atoms with van der Waals surface area (Å²) in [6.45, 7) is 1.53. The predicted octanol–water partition coefficient (Wildman–Crippen LogP) is 1.95. The average molecular weight is 421 g/mol. The van der Waals surface area contributed by atoms with Crippen LogP contribution in [0.4, 0.5) is 13.2 Å². The van der Waals surface area contributed by atoms with Crippen LogP contribution in [0.15, 0.2) is 53.6 Å². The van der Waals surface area contributed by atoms with Crippen LogP contribution in [-0.4, -0.2) is 38.4 Å². The number of alkyl halides is 3. The van der Waals surface area contributed by atoms with E-state index in [-0.39, 0.29) is 24.4 Å². The lowest BCUT2D eigenvalue weighted by atomic mass is 10.2. The molecule has 1 N–H and O–H groups in total. The molecule has 0 spiro atoms. The maximum absolute atomic E-state index is 12.7. The van der Waals surface area contributed by atoms with Gasteiger partial charge in [0.05, 0.1) is 12.1 Å². The summed E-state index contributed by atoms with van der Waals surface area (Å²) in [5.74, 6) is 0.597. The first-order valence-electron chi connectivity index (χ1n) is 8.89. The molecule has 1 amide bonds. The first-order chi connectivity index (χ1) is 14.2. The van der Waals surface area contributed by atoms with Crippen molar-refractivity contribution < 1.29 is 22.7 Å². The Labute approximate surface area is 168 Å². The number of nitrogens with zero attached hydrogens (tertiary/aromatic N) is 4. The van der Waals surface area contributed by atoms with E-state index in [4.69, 9.17) is 4.74 Å². The molecule has 11 heteroatoms. The summed E-state index contributed by atoms with van der Waals surface area (Å²) in [6, 6.07) is 7.19. The number of hydrogen-bond donors (Lipinski definition) is 1. The molecule has 0 radical (unpaired) electrons. The Kier molecular flexibility index (Phi) is 6.19. The number of halogens is 3. The second-order valence-corrected chi connectivity index (χ2v) is 6.26. The monoisotopic (exact) mass is 421 g/mol. The Morgan fingerprint density at radius 2 is 2.03 bits per heavy atom. The van der Waals surface area contributed by atoms with E-state index in [1.54, 1.807) is 30.0 Å². The Morgan fingerprint density at radius 3 is 2.73 bits per heavy atom. The fourth-order valence-corrected chi connectivity index (χ4v) is 2.61. The summed E-state index contributed by atoms with van der Waals surface area (Å²) in [5.41, 5.74) is -1.20. The topological polar surface area (TPSA) is 91.0 Å². The van der Waals surface area contributed by atoms with Crippen LogP contribution in [0.2, 0.25) is 0 Å². The maximum Gasteiger partial charge on any atom is 0.416 e. The number of carbonyl (C=O) groups is 1. The first kappa shape index (κ1) is 21.1. The van der Waals surface area contributed by atoms with E-state index < -0.39 is 24.3 Å². The van der Waals surface area contributed by atoms with Crippen molar-refractivity contribution in [2.45, 2.75) is 19.6 Å². The molecule has 0 aliphatic carbocycles. The Hall–Kier alpha value is -3.63. The van der Waals surface area contributed by atoms with Gasteiger partial charge in [0.25, 0.3) is 11.5 Å². The summed E-state index contributed by atoms with van der Waals surface area (Å²) in [5, 5.41) is 6.77. The minimum Gasteiger partial charge on any atom is -0.484 e. The summed E-state index contributed by atoms with van der Waals surface area (Å²) in [7, 11) is 0. The highest BCUT2D eigenvalue weighted by Crippen LogP contribution is 2.31. The highest BCUT2D eigenvalue weighted by Gasteiger charge is 2.30. The van der Waals surface area contributed by atoms with Crippen LogP contribution in [-0.2, 0) is 17.5 Å². The fourth-order valence-electron chi connectivity index (χ4n) is 2.61. The van der Waals surface area contributed by atoms with Gasteiger partial charge in [-0.3, -0.25) is 14.2 Å². The summed E-state index contributed by atoms with van der Waals surface area (Å²) >= 11 is 0. The van der Waals surface area contributed by atoms with Crippen LogP contribution in [0.3, 0.4) is 0 Å². The minimum atomic E-state index is -4.49. The zero-order valence-corrected chi connectivity index (χ0v) is 15.9. The Balaban J connectivity index is 1.53. The van der Waals surface area contributed by atoms with Gasteiger partial charge in [-0.2, -0.15) is 18.3 Å². The molecule has 2 aromatic heterocycles. The Bertz CT molecular complexity index is 1090. The highest BCUT2D eigenvalue weighted by atomic mass is 19.4. The minimum absolute atomic E-state index is 0.0683. The van der Waals surface area contributed by atoms with Crippen LogP contribution >= 0.6 is 0 Å². The smallest absolute Gasteiger partial charge is 0.416 e. The molecule has 2 heterocycles. The van der Waals surface area contributed by atoms with Crippen molar-refractivity contribution in [2.75, 3.05) is 13.2 Å². The molecule has 8 nitrogen and oxygen atoms in total. The standard InChI is InChI=1S/C19H18F3N5O3/c1-13-23-7-9-26(13)16-5-6-18(29)27(25-16)10-8-24-17(28)12-30-15-4-2-3-14(11-15)19(20,21)22/h2-7,9,11H,8,10,12H2,1H3,(H,24,28). The van der Waals surface area contributed by atoms with E-state index in [0.29, 0.717) is 11.6 Å². The van der Waals surface area contributed by atoms with Crippen LogP contribution in [0, 0.1) is 6.92 Å². The second kappa shape index (κ2) is 8.80. The number of aromatic nitrogens is 4. The number of ether oxygens (including phenoxy) is 1. The molecule has 0 aliphatic rings. The molecule has 0 saturated carbocycles. The van der Waals surface area contributed by atoms with Crippen LogP contribution in [0.25, 0.3) is 5.82 Å². The lowest BCUT2D eigenvalue weighted by molar-refractivity contribution is -0.137. The summed E-state index contributed by atoms with van der Waals surface area (Å²) in [4.78, 5) is 28.0. The molecule has 3 aromatic rings. The molecule has 0 atom stereocenters. The van der Waals surface area contributed by atoms with E-state index in [9.17, 15) is 22.8 Å². The van der Waals surface area contributed by atoms with Gasteiger partial charge in [-0.1, -0.05) is 6.07 Å². The molecule has 0 bridgehead atoms. The van der Waals surface area contributed by atoms with E-state index in [2.05, 4.69) is 15.4 Å². The molecule has 3 rings (SSSR count). The van der Waals surface area contributed by atoms with Crippen molar-refractivity contribution in [2.24, 2.45) is 0 Å². The predicted molar refractivity (Wildman–Crippen MR) is 100 cm³/mol. The summed E-state index contributed by atoms with van der Waals surface area (Å²) < 4.78 is 46.1. The van der Waals surface area contributed by atoms with Crippen molar-refractivity contribution in [3.8, 4) is 11.6 Å². The molecular formula is C19H18F3N5O3. The Morgan fingerprint density at radius 1 is 1.23 bits per heavy atom. The highest BCUT2D eigenvalue weighted by molar-refractivity contribution is 5.77. The number of hydrogen-bond acceptors (Lipinski definition) is 5. The van der Waals surface area contributed by atoms with Gasteiger partial charge in [0.15, 0.2) is 12.4 Å². The van der Waals surface area contributed by atoms with Gasteiger partial charge in [0.1, 0.15) is 11.6 Å². The van der Waals surface area contributed by atoms with Gasteiger partial charge in [0.2, 0.25) is 0 Å². The fraction of sp³-hybridized carbons (Fsp3) is 0.263. The van der Waals surface area contributed by atoms with E-state index >= 15 is 0 Å². The van der Waals surface area contributed by atoms with Gasteiger partial charge in [0, 0.05) is 25.0 Å². The number of nitrogens with one attached hydrogen (secondary N) is 1. The SMILES string of the molecule is Cc1nccn1-c1ccc(=O)n(CCNC(=O)COc2cccc(C(F)(F)F)c2)n1. The number of amides is 1. The number of aryl methyl sites for hydroxylation is 1. The van der Waals surface area contributed by atoms with Crippen molar-refractivity contribution in [1.29, 1.82) is 0 Å². The maximum atomic E-state index is 12.7. The molecule has 0 aliphatic heterocycles. The first-order valence-corrected chi connectivity index (χ1v) is 8.89. The van der Waals surface area contributed by atoms with Crippen LogP contribution in [0.5, 0.6) is 5.75 Å². The third-order valence-corrected chi connectivity index (χ3v) is 4.10.